The van der Waals surface area contributed by atoms with E-state index in [1.54, 1.807) is 37.3 Å². The Morgan fingerprint density at radius 1 is 1.23 bits per heavy atom. The molecule has 1 N–H and O–H groups in total. The number of carbonyl (C=O) groups excluding carboxylic acids is 1. The van der Waals surface area contributed by atoms with Gasteiger partial charge in [-0.25, -0.2) is 4.79 Å². The number of ether oxygens (including phenoxy) is 1. The van der Waals surface area contributed by atoms with Crippen LogP contribution in [0.5, 0.6) is 5.75 Å². The van der Waals surface area contributed by atoms with Crippen LogP contribution < -0.4 is 4.74 Å². The van der Waals surface area contributed by atoms with Crippen molar-refractivity contribution < 1.29 is 19.4 Å². The number of amides is 1. The Kier molecular flexibility index (Phi) is 4.92. The minimum absolute atomic E-state index is 0.351. The molecule has 136 valence electrons. The van der Waals surface area contributed by atoms with Gasteiger partial charge in [-0.3, -0.25) is 4.79 Å². The van der Waals surface area contributed by atoms with Gasteiger partial charge in [0.25, 0.3) is 5.91 Å². The van der Waals surface area contributed by atoms with Crippen LogP contribution in [0.15, 0.2) is 48.5 Å². The zero-order valence-electron chi connectivity index (χ0n) is 14.6. The number of hydrogen-bond acceptors (Lipinski definition) is 3. The molecule has 1 fully saturated rings. The van der Waals surface area contributed by atoms with Crippen LogP contribution in [0.3, 0.4) is 0 Å². The van der Waals surface area contributed by atoms with Crippen molar-refractivity contribution in [3.63, 3.8) is 0 Å². The summed E-state index contributed by atoms with van der Waals surface area (Å²) >= 11 is 6.34. The number of methoxy groups -OCH3 is 1. The van der Waals surface area contributed by atoms with Crippen LogP contribution in [0.4, 0.5) is 0 Å². The maximum Gasteiger partial charge on any atom is 0.329 e. The Morgan fingerprint density at radius 2 is 1.96 bits per heavy atom. The molecule has 2 atom stereocenters. The highest BCUT2D eigenvalue weighted by atomic mass is 35.5. The smallest absolute Gasteiger partial charge is 0.329 e. The summed E-state index contributed by atoms with van der Waals surface area (Å²) in [7, 11) is 1.52. The number of likely N-dealkylation sites (tertiary alicyclic amines) is 1. The molecule has 1 saturated heterocycles. The molecule has 0 aromatic heterocycles. The van der Waals surface area contributed by atoms with Crippen molar-refractivity contribution in [2.75, 3.05) is 7.11 Å². The van der Waals surface area contributed by atoms with Gasteiger partial charge in [-0.1, -0.05) is 35.9 Å². The van der Waals surface area contributed by atoms with Crippen LogP contribution in [-0.2, 0) is 4.79 Å². The fourth-order valence-corrected chi connectivity index (χ4v) is 3.78. The molecule has 1 amide bonds. The molecule has 0 aliphatic carbocycles. The predicted octanol–water partition coefficient (Wildman–Crippen LogP) is 4.17. The Hall–Kier alpha value is -2.53. The van der Waals surface area contributed by atoms with Gasteiger partial charge in [0.2, 0.25) is 0 Å². The van der Waals surface area contributed by atoms with Crippen LogP contribution in [0.25, 0.3) is 0 Å². The van der Waals surface area contributed by atoms with E-state index in [0.29, 0.717) is 29.2 Å². The summed E-state index contributed by atoms with van der Waals surface area (Å²) in [5.41, 5.74) is -0.157. The molecule has 2 aromatic carbocycles. The quantitative estimate of drug-likeness (QED) is 0.873. The number of benzene rings is 2. The van der Waals surface area contributed by atoms with Gasteiger partial charge < -0.3 is 14.7 Å². The third kappa shape index (κ3) is 3.03. The summed E-state index contributed by atoms with van der Waals surface area (Å²) in [6.07, 6.45) is 0.885. The first-order valence-corrected chi connectivity index (χ1v) is 8.72. The van der Waals surface area contributed by atoms with Crippen molar-refractivity contribution in [2.24, 2.45) is 0 Å². The number of hydrogen-bond donors (Lipinski definition) is 1. The number of carboxylic acids is 1. The molecule has 0 radical (unpaired) electrons. The molecule has 2 aromatic rings. The lowest BCUT2D eigenvalue weighted by atomic mass is 9.98. The number of carbonyl (C=O) groups is 2. The molecule has 26 heavy (non-hydrogen) atoms. The highest BCUT2D eigenvalue weighted by Crippen LogP contribution is 2.45. The standard InChI is InChI=1S/C20H20ClNO4/c1-20(19(24)25)11-10-17(15-8-3-4-9-16(15)21)22(20)18(23)13-6-5-7-14(12-13)26-2/h3-9,12,17H,10-11H2,1-2H3,(H,24,25)/t17-,20+/m1/s1. The van der Waals surface area contributed by atoms with Gasteiger partial charge in [-0.15, -0.1) is 0 Å². The maximum absolute atomic E-state index is 13.3. The lowest BCUT2D eigenvalue weighted by Crippen LogP contribution is -2.51. The van der Waals surface area contributed by atoms with Crippen molar-refractivity contribution in [3.8, 4) is 5.75 Å². The van der Waals surface area contributed by atoms with Gasteiger partial charge >= 0.3 is 5.97 Å². The van der Waals surface area contributed by atoms with E-state index in [1.807, 2.05) is 18.2 Å². The van der Waals surface area contributed by atoms with E-state index in [-0.39, 0.29) is 5.91 Å². The van der Waals surface area contributed by atoms with E-state index in [4.69, 9.17) is 16.3 Å². The summed E-state index contributed by atoms with van der Waals surface area (Å²) in [4.78, 5) is 26.7. The molecule has 1 aliphatic rings. The summed E-state index contributed by atoms with van der Waals surface area (Å²) in [5, 5.41) is 10.3. The number of nitrogens with zero attached hydrogens (tertiary/aromatic N) is 1. The van der Waals surface area contributed by atoms with E-state index >= 15 is 0 Å². The van der Waals surface area contributed by atoms with Crippen LogP contribution in [0.2, 0.25) is 5.02 Å². The summed E-state index contributed by atoms with van der Waals surface area (Å²) in [5.74, 6) is -0.833. The van der Waals surface area contributed by atoms with E-state index < -0.39 is 17.6 Å². The SMILES string of the molecule is COc1cccc(C(=O)N2[C@@H](c3ccccc3Cl)CC[C@@]2(C)C(=O)O)c1. The molecule has 0 bridgehead atoms. The molecule has 5 nitrogen and oxygen atoms in total. The van der Waals surface area contributed by atoms with Crippen molar-refractivity contribution >= 4 is 23.5 Å². The molecular formula is C20H20ClNO4. The number of rotatable bonds is 4. The van der Waals surface area contributed by atoms with E-state index in [9.17, 15) is 14.7 Å². The minimum atomic E-state index is -1.30. The molecule has 0 spiro atoms. The second kappa shape index (κ2) is 7.00. The van der Waals surface area contributed by atoms with Crippen LogP contribution >= 0.6 is 11.6 Å². The Morgan fingerprint density at radius 3 is 2.62 bits per heavy atom. The zero-order chi connectivity index (χ0) is 18.9. The van der Waals surface area contributed by atoms with Gasteiger partial charge in [0.05, 0.1) is 13.2 Å². The predicted molar refractivity (Wildman–Crippen MR) is 98.6 cm³/mol. The summed E-state index contributed by atoms with van der Waals surface area (Å²) < 4.78 is 5.19. The lowest BCUT2D eigenvalue weighted by Gasteiger charge is -2.36. The first kappa shape index (κ1) is 18.3. The van der Waals surface area contributed by atoms with Crippen LogP contribution in [0.1, 0.15) is 41.7 Å². The van der Waals surface area contributed by atoms with Gasteiger partial charge in [-0.05, 0) is 49.6 Å². The molecule has 3 rings (SSSR count). The van der Waals surface area contributed by atoms with E-state index in [1.165, 1.54) is 12.0 Å². The molecule has 6 heteroatoms. The van der Waals surface area contributed by atoms with Crippen molar-refractivity contribution in [1.29, 1.82) is 0 Å². The summed E-state index contributed by atoms with van der Waals surface area (Å²) in [6, 6.07) is 13.6. The highest BCUT2D eigenvalue weighted by Gasteiger charge is 2.51. The molecule has 1 heterocycles. The minimum Gasteiger partial charge on any atom is -0.497 e. The third-order valence-electron chi connectivity index (χ3n) is 5.01. The monoisotopic (exact) mass is 373 g/mol. The largest absolute Gasteiger partial charge is 0.497 e. The number of carboxylic acid groups (broad SMARTS) is 1. The molecule has 0 unspecified atom stereocenters. The Balaban J connectivity index is 2.08. The van der Waals surface area contributed by atoms with Crippen molar-refractivity contribution in [3.05, 3.63) is 64.7 Å². The van der Waals surface area contributed by atoms with Crippen LogP contribution in [-0.4, -0.2) is 34.5 Å². The second-order valence-electron chi connectivity index (χ2n) is 6.56. The van der Waals surface area contributed by atoms with Crippen LogP contribution in [0, 0.1) is 0 Å². The highest BCUT2D eigenvalue weighted by molar-refractivity contribution is 6.31. The maximum atomic E-state index is 13.3. The Labute approximate surface area is 157 Å². The topological polar surface area (TPSA) is 66.8 Å². The first-order chi connectivity index (χ1) is 12.4. The zero-order valence-corrected chi connectivity index (χ0v) is 15.4. The lowest BCUT2D eigenvalue weighted by molar-refractivity contribution is -0.147. The van der Waals surface area contributed by atoms with Gasteiger partial charge in [-0.2, -0.15) is 0 Å². The average Bonchev–Trinajstić information content (AvgIpc) is 3.00. The van der Waals surface area contributed by atoms with Gasteiger partial charge in [0.1, 0.15) is 11.3 Å². The van der Waals surface area contributed by atoms with Crippen molar-refractivity contribution in [1.82, 2.24) is 4.90 Å². The second-order valence-corrected chi connectivity index (χ2v) is 6.97. The van der Waals surface area contributed by atoms with Gasteiger partial charge in [0, 0.05) is 10.6 Å². The molecule has 0 saturated carbocycles. The van der Waals surface area contributed by atoms with Crippen molar-refractivity contribution in [2.45, 2.75) is 31.3 Å². The fourth-order valence-electron chi connectivity index (χ4n) is 3.52. The van der Waals surface area contributed by atoms with E-state index in [0.717, 1.165) is 5.56 Å². The average molecular weight is 374 g/mol. The first-order valence-electron chi connectivity index (χ1n) is 8.34. The fraction of sp³-hybridized carbons (Fsp3) is 0.300. The summed E-state index contributed by atoms with van der Waals surface area (Å²) in [6.45, 7) is 1.59. The molecule has 1 aliphatic heterocycles. The van der Waals surface area contributed by atoms with E-state index in [2.05, 4.69) is 0 Å². The Bertz CT molecular complexity index is 853. The van der Waals surface area contributed by atoms with Gasteiger partial charge in [0.15, 0.2) is 0 Å². The normalized spacial score (nSPS) is 22.3. The molecular weight excluding hydrogens is 354 g/mol. The number of aliphatic carboxylic acids is 1. The number of halogens is 1. The third-order valence-corrected chi connectivity index (χ3v) is 5.35.